The van der Waals surface area contributed by atoms with Crippen LogP contribution in [0.25, 0.3) is 33.3 Å². The molecule has 3 aromatic carbocycles. The number of carbonyl (C=O) groups is 1. The summed E-state index contributed by atoms with van der Waals surface area (Å²) in [7, 11) is 0. The standard InChI is InChI=1S/C26H17ClO5/c1-15-6-11-19-22(12-15)32-25(16-7-9-18(27)10-8-16)26(24(19)29)30-14-20(28)23-13-17-4-2-3-5-21(17)31-23/h2-13H,14H2,1H3. The van der Waals surface area contributed by atoms with Crippen molar-refractivity contribution < 1.29 is 18.4 Å². The van der Waals surface area contributed by atoms with Crippen molar-refractivity contribution in [3.8, 4) is 17.1 Å². The number of halogens is 1. The molecule has 0 radical (unpaired) electrons. The summed E-state index contributed by atoms with van der Waals surface area (Å²) >= 11 is 6.01. The molecule has 158 valence electrons. The molecule has 32 heavy (non-hydrogen) atoms. The lowest BCUT2D eigenvalue weighted by Gasteiger charge is -2.11. The van der Waals surface area contributed by atoms with Crippen molar-refractivity contribution in [2.24, 2.45) is 0 Å². The lowest BCUT2D eigenvalue weighted by atomic mass is 10.1. The van der Waals surface area contributed by atoms with Crippen molar-refractivity contribution in [3.63, 3.8) is 0 Å². The van der Waals surface area contributed by atoms with E-state index in [-0.39, 0.29) is 35.1 Å². The molecular formula is C26H17ClO5. The number of para-hydroxylation sites is 1. The Morgan fingerprint density at radius 3 is 2.50 bits per heavy atom. The number of furan rings is 1. The van der Waals surface area contributed by atoms with E-state index in [1.807, 2.05) is 31.2 Å². The van der Waals surface area contributed by atoms with Gasteiger partial charge in [0, 0.05) is 16.0 Å². The van der Waals surface area contributed by atoms with Gasteiger partial charge in [-0.05, 0) is 61.0 Å². The molecule has 0 unspecified atom stereocenters. The van der Waals surface area contributed by atoms with E-state index in [2.05, 4.69) is 0 Å². The topological polar surface area (TPSA) is 69.7 Å². The highest BCUT2D eigenvalue weighted by atomic mass is 35.5. The number of hydrogen-bond acceptors (Lipinski definition) is 5. The molecule has 0 saturated carbocycles. The summed E-state index contributed by atoms with van der Waals surface area (Å²) in [5, 5.41) is 1.74. The fourth-order valence-corrected chi connectivity index (χ4v) is 3.66. The summed E-state index contributed by atoms with van der Waals surface area (Å²) in [5.41, 5.74) is 2.26. The minimum absolute atomic E-state index is 0.0341. The smallest absolute Gasteiger partial charge is 0.235 e. The lowest BCUT2D eigenvalue weighted by Crippen LogP contribution is -2.16. The van der Waals surface area contributed by atoms with E-state index in [1.54, 1.807) is 48.5 Å². The lowest BCUT2D eigenvalue weighted by molar-refractivity contribution is 0.0894. The molecule has 0 aliphatic heterocycles. The van der Waals surface area contributed by atoms with E-state index in [0.29, 0.717) is 27.1 Å². The van der Waals surface area contributed by atoms with Crippen LogP contribution < -0.4 is 10.2 Å². The monoisotopic (exact) mass is 444 g/mol. The Labute approximate surface area is 187 Å². The van der Waals surface area contributed by atoms with Crippen LogP contribution in [0.3, 0.4) is 0 Å². The summed E-state index contributed by atoms with van der Waals surface area (Å²) in [5.74, 6) is -0.0120. The molecule has 0 aliphatic rings. The third kappa shape index (κ3) is 3.67. The maximum atomic E-state index is 13.2. The molecular weight excluding hydrogens is 428 g/mol. The van der Waals surface area contributed by atoms with Crippen LogP contribution in [0.5, 0.6) is 5.75 Å². The Morgan fingerprint density at radius 2 is 1.72 bits per heavy atom. The quantitative estimate of drug-likeness (QED) is 0.292. The highest BCUT2D eigenvalue weighted by molar-refractivity contribution is 6.30. The Bertz CT molecular complexity index is 1490. The number of aryl methyl sites for hydroxylation is 1. The summed E-state index contributed by atoms with van der Waals surface area (Å²) in [6.07, 6.45) is 0. The van der Waals surface area contributed by atoms with Crippen LogP contribution in [0, 0.1) is 6.92 Å². The van der Waals surface area contributed by atoms with Gasteiger partial charge in [0.1, 0.15) is 11.2 Å². The summed E-state index contributed by atoms with van der Waals surface area (Å²) in [4.78, 5) is 26.0. The molecule has 2 heterocycles. The second-order valence-electron chi connectivity index (χ2n) is 7.46. The zero-order valence-electron chi connectivity index (χ0n) is 17.1. The Kier molecular flexibility index (Phi) is 5.04. The van der Waals surface area contributed by atoms with Gasteiger partial charge in [-0.15, -0.1) is 0 Å². The van der Waals surface area contributed by atoms with Crippen LogP contribution in [-0.2, 0) is 0 Å². The van der Waals surface area contributed by atoms with Crippen LogP contribution in [0.4, 0.5) is 0 Å². The molecule has 0 N–H and O–H groups in total. The average Bonchev–Trinajstić information content (AvgIpc) is 3.23. The van der Waals surface area contributed by atoms with Gasteiger partial charge in [0.25, 0.3) is 0 Å². The van der Waals surface area contributed by atoms with Crippen LogP contribution in [0.15, 0.2) is 86.4 Å². The van der Waals surface area contributed by atoms with Crippen molar-refractivity contribution in [2.45, 2.75) is 6.92 Å². The number of benzene rings is 3. The molecule has 0 bridgehead atoms. The molecule has 0 spiro atoms. The average molecular weight is 445 g/mol. The van der Waals surface area contributed by atoms with Gasteiger partial charge < -0.3 is 13.6 Å². The normalized spacial score (nSPS) is 11.2. The van der Waals surface area contributed by atoms with Gasteiger partial charge in [-0.3, -0.25) is 9.59 Å². The van der Waals surface area contributed by atoms with E-state index in [4.69, 9.17) is 25.2 Å². The summed E-state index contributed by atoms with van der Waals surface area (Å²) in [6, 6.07) is 21.2. The maximum Gasteiger partial charge on any atom is 0.235 e. The third-order valence-electron chi connectivity index (χ3n) is 5.16. The first-order valence-corrected chi connectivity index (χ1v) is 10.4. The van der Waals surface area contributed by atoms with Crippen molar-refractivity contribution in [3.05, 3.63) is 99.4 Å². The van der Waals surface area contributed by atoms with E-state index >= 15 is 0 Å². The van der Waals surface area contributed by atoms with Crippen molar-refractivity contribution in [1.82, 2.24) is 0 Å². The molecule has 5 nitrogen and oxygen atoms in total. The van der Waals surface area contributed by atoms with Crippen molar-refractivity contribution in [1.29, 1.82) is 0 Å². The zero-order valence-corrected chi connectivity index (χ0v) is 17.8. The summed E-state index contributed by atoms with van der Waals surface area (Å²) in [6.45, 7) is 1.54. The van der Waals surface area contributed by atoms with Gasteiger partial charge in [-0.2, -0.15) is 0 Å². The number of Topliss-reactive ketones (excluding diaryl/α,β-unsaturated/α-hetero) is 1. The van der Waals surface area contributed by atoms with E-state index in [9.17, 15) is 9.59 Å². The van der Waals surface area contributed by atoms with E-state index in [0.717, 1.165) is 10.9 Å². The van der Waals surface area contributed by atoms with Gasteiger partial charge in [-0.1, -0.05) is 35.9 Å². The van der Waals surface area contributed by atoms with Crippen LogP contribution in [-0.4, -0.2) is 12.4 Å². The van der Waals surface area contributed by atoms with Gasteiger partial charge in [0.05, 0.1) is 5.39 Å². The molecule has 0 aliphatic carbocycles. The van der Waals surface area contributed by atoms with Crippen LogP contribution in [0.1, 0.15) is 16.1 Å². The first-order valence-electron chi connectivity index (χ1n) is 9.97. The number of ketones is 1. The van der Waals surface area contributed by atoms with E-state index < -0.39 is 0 Å². The second-order valence-corrected chi connectivity index (χ2v) is 7.89. The predicted molar refractivity (Wildman–Crippen MR) is 124 cm³/mol. The second kappa shape index (κ2) is 8.02. The number of hydrogen-bond donors (Lipinski definition) is 0. The maximum absolute atomic E-state index is 13.2. The van der Waals surface area contributed by atoms with Gasteiger partial charge in [0.2, 0.25) is 17.0 Å². The molecule has 5 aromatic rings. The molecule has 0 saturated heterocycles. The minimum atomic E-state index is -0.383. The largest absolute Gasteiger partial charge is 0.478 e. The van der Waals surface area contributed by atoms with Crippen molar-refractivity contribution in [2.75, 3.05) is 6.61 Å². The minimum Gasteiger partial charge on any atom is -0.478 e. The molecule has 0 atom stereocenters. The fraction of sp³-hybridized carbons (Fsp3) is 0.0769. The van der Waals surface area contributed by atoms with Gasteiger partial charge >= 0.3 is 0 Å². The highest BCUT2D eigenvalue weighted by Crippen LogP contribution is 2.32. The zero-order chi connectivity index (χ0) is 22.2. The first-order chi connectivity index (χ1) is 15.5. The number of ether oxygens (including phenoxy) is 1. The highest BCUT2D eigenvalue weighted by Gasteiger charge is 2.20. The molecule has 0 fully saturated rings. The fourth-order valence-electron chi connectivity index (χ4n) is 3.53. The Morgan fingerprint density at radius 1 is 0.938 bits per heavy atom. The van der Waals surface area contributed by atoms with Crippen LogP contribution >= 0.6 is 11.6 Å². The first kappa shape index (κ1) is 20.1. The molecule has 5 rings (SSSR count). The number of fused-ring (bicyclic) bond motifs is 2. The Hall–Kier alpha value is -3.83. The number of carbonyl (C=O) groups excluding carboxylic acids is 1. The van der Waals surface area contributed by atoms with E-state index in [1.165, 1.54) is 0 Å². The predicted octanol–water partition coefficient (Wildman–Crippen LogP) is 6.43. The summed E-state index contributed by atoms with van der Waals surface area (Å²) < 4.78 is 17.4. The van der Waals surface area contributed by atoms with Gasteiger partial charge in [0.15, 0.2) is 18.1 Å². The SMILES string of the molecule is Cc1ccc2c(=O)c(OCC(=O)c3cc4ccccc4o3)c(-c3ccc(Cl)cc3)oc2c1. The Balaban J connectivity index is 1.55. The number of rotatable bonds is 5. The molecule has 0 amide bonds. The van der Waals surface area contributed by atoms with Crippen molar-refractivity contribution >= 4 is 39.3 Å². The third-order valence-corrected chi connectivity index (χ3v) is 5.41. The van der Waals surface area contributed by atoms with Gasteiger partial charge in [-0.25, -0.2) is 0 Å². The molecule has 6 heteroatoms. The van der Waals surface area contributed by atoms with Crippen LogP contribution in [0.2, 0.25) is 5.02 Å². The molecule has 2 aromatic heterocycles.